The Balaban J connectivity index is 1.30. The van der Waals surface area contributed by atoms with Crippen LogP contribution in [0.15, 0.2) is 84.9 Å². The summed E-state index contributed by atoms with van der Waals surface area (Å²) in [6.07, 6.45) is 0.592. The van der Waals surface area contributed by atoms with Gasteiger partial charge in [0.2, 0.25) is 0 Å². The number of phenolic OH excluding ortho intramolecular Hbond substituents is 2. The molecule has 0 heterocycles. The number of hydrogen-bond acceptors (Lipinski definition) is 9. The average Bonchev–Trinajstić information content (AvgIpc) is 2.92. The molecule has 4 rings (SSSR count). The second-order valence-corrected chi connectivity index (χ2v) is 8.46. The molecule has 0 fully saturated rings. The molecule has 0 saturated carbocycles. The molecule has 200 valence electrons. The minimum Gasteiger partial charge on any atom is -0.508 e. The van der Waals surface area contributed by atoms with Gasteiger partial charge in [-0.25, -0.2) is 14.5 Å². The van der Waals surface area contributed by atoms with Crippen molar-refractivity contribution < 1.29 is 49.6 Å². The molecule has 39 heavy (non-hydrogen) atoms. The van der Waals surface area contributed by atoms with Gasteiger partial charge in [0.25, 0.3) is 0 Å². The van der Waals surface area contributed by atoms with Gasteiger partial charge in [0.1, 0.15) is 30.5 Å². The van der Waals surface area contributed by atoms with Crippen molar-refractivity contribution in [2.75, 3.05) is 0 Å². The highest BCUT2D eigenvalue weighted by Crippen LogP contribution is 2.22. The van der Waals surface area contributed by atoms with Gasteiger partial charge in [-0.05, 0) is 83.3 Å². The first kappa shape index (κ1) is 27.1. The molecule has 0 aliphatic rings. The third-order valence-corrected chi connectivity index (χ3v) is 5.70. The number of carboxylic acids is 1. The van der Waals surface area contributed by atoms with Crippen LogP contribution in [0, 0.1) is 0 Å². The lowest BCUT2D eigenvalue weighted by Crippen LogP contribution is -2.14. The third kappa shape index (κ3) is 7.33. The summed E-state index contributed by atoms with van der Waals surface area (Å²) in [6.45, 7) is -0.0305. The van der Waals surface area contributed by atoms with Gasteiger partial charge in [-0.2, -0.15) is 4.89 Å². The van der Waals surface area contributed by atoms with Crippen LogP contribution in [0.4, 0.5) is 0 Å². The van der Waals surface area contributed by atoms with Crippen molar-refractivity contribution in [3.05, 3.63) is 118 Å². The predicted molar refractivity (Wildman–Crippen MR) is 137 cm³/mol. The molecule has 0 aliphatic heterocycles. The van der Waals surface area contributed by atoms with Crippen LogP contribution in [0.5, 0.6) is 23.0 Å². The van der Waals surface area contributed by atoms with Crippen molar-refractivity contribution >= 4 is 11.9 Å². The summed E-state index contributed by atoms with van der Waals surface area (Å²) in [6, 6.07) is 22.0. The van der Waals surface area contributed by atoms with Gasteiger partial charge in [0.15, 0.2) is 5.75 Å². The van der Waals surface area contributed by atoms with Crippen LogP contribution in [-0.4, -0.2) is 32.5 Å². The zero-order valence-corrected chi connectivity index (χ0v) is 20.4. The minimum absolute atomic E-state index is 0.0429. The van der Waals surface area contributed by atoms with Gasteiger partial charge in [0, 0.05) is 0 Å². The van der Waals surface area contributed by atoms with Crippen molar-refractivity contribution in [2.45, 2.75) is 19.6 Å². The molecule has 0 saturated heterocycles. The number of carbonyl (C=O) groups is 2. The molecule has 0 spiro atoms. The number of esters is 1. The summed E-state index contributed by atoms with van der Waals surface area (Å²) < 4.78 is 5.30. The maximum atomic E-state index is 12.5. The van der Waals surface area contributed by atoms with Crippen molar-refractivity contribution in [3.8, 4) is 23.0 Å². The van der Waals surface area contributed by atoms with E-state index < -0.39 is 11.9 Å². The highest BCUT2D eigenvalue weighted by atomic mass is 17.2. The van der Waals surface area contributed by atoms with E-state index in [1.54, 1.807) is 42.5 Å². The molecule has 4 aromatic rings. The number of benzene rings is 4. The van der Waals surface area contributed by atoms with E-state index in [0.717, 1.165) is 17.2 Å². The fourth-order valence-electron chi connectivity index (χ4n) is 3.74. The van der Waals surface area contributed by atoms with E-state index in [0.29, 0.717) is 23.3 Å². The number of phenols is 2. The first-order valence-electron chi connectivity index (χ1n) is 11.7. The Kier molecular flexibility index (Phi) is 8.75. The fraction of sp³-hybridized carbons (Fsp3) is 0.103. The Labute approximate surface area is 222 Å². The number of rotatable bonds is 11. The number of carbonyl (C=O) groups excluding carboxylic acids is 1. The fourth-order valence-corrected chi connectivity index (χ4v) is 3.74. The van der Waals surface area contributed by atoms with E-state index >= 15 is 0 Å². The van der Waals surface area contributed by atoms with Crippen LogP contribution >= 0.6 is 0 Å². The number of aromatic hydroxyl groups is 2. The molecule has 0 aliphatic carbocycles. The predicted octanol–water partition coefficient (Wildman–Crippen LogP) is 5.11. The SMILES string of the molecule is O=C(O)c1cc(O)ccc1C(=O)Oc1ccc(Cc2ccc(OOCc3ccc(O)cc3COO)cc2)cc1. The molecular weight excluding hydrogens is 508 g/mol. The van der Waals surface area contributed by atoms with Crippen molar-refractivity contribution in [3.63, 3.8) is 0 Å². The smallest absolute Gasteiger partial charge is 0.344 e. The molecular formula is C29H24O10. The molecule has 4 aromatic carbocycles. The van der Waals surface area contributed by atoms with Gasteiger partial charge in [0.05, 0.1) is 11.1 Å². The van der Waals surface area contributed by atoms with Gasteiger partial charge in [-0.1, -0.05) is 30.3 Å². The van der Waals surface area contributed by atoms with Crippen LogP contribution in [0.3, 0.4) is 0 Å². The summed E-state index contributed by atoms with van der Waals surface area (Å²) in [5.74, 6) is -1.69. The molecule has 0 radical (unpaired) electrons. The van der Waals surface area contributed by atoms with Crippen LogP contribution in [0.2, 0.25) is 0 Å². The quantitative estimate of drug-likeness (QED) is 0.0888. The molecule has 10 heteroatoms. The Morgan fingerprint density at radius 3 is 1.92 bits per heavy atom. The lowest BCUT2D eigenvalue weighted by atomic mass is 10.0. The number of aromatic carboxylic acids is 1. The highest BCUT2D eigenvalue weighted by molar-refractivity contribution is 6.03. The summed E-state index contributed by atoms with van der Waals surface area (Å²) in [4.78, 5) is 38.6. The van der Waals surface area contributed by atoms with Gasteiger partial charge >= 0.3 is 11.9 Å². The molecule has 0 atom stereocenters. The van der Waals surface area contributed by atoms with E-state index in [2.05, 4.69) is 4.89 Å². The molecule has 0 unspecified atom stereocenters. The maximum Gasteiger partial charge on any atom is 0.344 e. The second kappa shape index (κ2) is 12.6. The van der Waals surface area contributed by atoms with Crippen LogP contribution in [0.1, 0.15) is 43.0 Å². The molecule has 0 amide bonds. The number of hydrogen-bond donors (Lipinski definition) is 4. The lowest BCUT2D eigenvalue weighted by molar-refractivity contribution is -0.253. The Hall–Kier alpha value is -4.90. The van der Waals surface area contributed by atoms with Crippen molar-refractivity contribution in [1.82, 2.24) is 0 Å². The Morgan fingerprint density at radius 1 is 0.667 bits per heavy atom. The number of ether oxygens (including phenoxy) is 1. The van der Waals surface area contributed by atoms with E-state index in [1.165, 1.54) is 24.3 Å². The first-order valence-corrected chi connectivity index (χ1v) is 11.7. The van der Waals surface area contributed by atoms with Gasteiger partial charge in [-0.15, -0.1) is 0 Å². The minimum atomic E-state index is -1.35. The van der Waals surface area contributed by atoms with E-state index in [1.807, 2.05) is 12.1 Å². The second-order valence-electron chi connectivity index (χ2n) is 8.46. The zero-order valence-electron chi connectivity index (χ0n) is 20.4. The summed E-state index contributed by atoms with van der Waals surface area (Å²) in [5, 5.41) is 37.0. The topological polar surface area (TPSA) is 152 Å². The van der Waals surface area contributed by atoms with Gasteiger partial charge in [-0.3, -0.25) is 5.26 Å². The lowest BCUT2D eigenvalue weighted by Gasteiger charge is -2.10. The highest BCUT2D eigenvalue weighted by Gasteiger charge is 2.19. The van der Waals surface area contributed by atoms with Crippen LogP contribution < -0.4 is 9.62 Å². The normalized spacial score (nSPS) is 10.7. The van der Waals surface area contributed by atoms with Crippen LogP contribution in [-0.2, 0) is 29.4 Å². The first-order chi connectivity index (χ1) is 18.8. The average molecular weight is 533 g/mol. The molecule has 10 nitrogen and oxygen atoms in total. The van der Waals surface area contributed by atoms with E-state index in [4.69, 9.17) is 19.8 Å². The largest absolute Gasteiger partial charge is 0.508 e. The Bertz CT molecular complexity index is 1450. The molecule has 4 N–H and O–H groups in total. The summed E-state index contributed by atoms with van der Waals surface area (Å²) in [7, 11) is 0. The van der Waals surface area contributed by atoms with Crippen LogP contribution in [0.25, 0.3) is 0 Å². The Morgan fingerprint density at radius 2 is 1.28 bits per heavy atom. The molecule has 0 aromatic heterocycles. The van der Waals surface area contributed by atoms with Crippen molar-refractivity contribution in [1.29, 1.82) is 0 Å². The monoisotopic (exact) mass is 532 g/mol. The maximum absolute atomic E-state index is 12.5. The van der Waals surface area contributed by atoms with Gasteiger partial charge < -0.3 is 24.9 Å². The molecule has 0 bridgehead atoms. The standard InChI is InChI=1S/C29H24O10/c30-22-6-5-20(21(14-22)16-36-35)17-37-39-25-10-3-19(4-11-25)13-18-1-8-24(9-2-18)38-29(34)26-12-7-23(31)15-27(26)28(32)33/h1-12,14-15,30-31,35H,13,16-17H2,(H,32,33). The van der Waals surface area contributed by atoms with Crippen molar-refractivity contribution in [2.24, 2.45) is 0 Å². The summed E-state index contributed by atoms with van der Waals surface area (Å²) in [5.41, 5.74) is 2.65. The summed E-state index contributed by atoms with van der Waals surface area (Å²) >= 11 is 0. The number of carboxylic acid groups (broad SMARTS) is 1. The zero-order chi connectivity index (χ0) is 27.8. The van der Waals surface area contributed by atoms with E-state index in [-0.39, 0.29) is 41.6 Å². The third-order valence-electron chi connectivity index (χ3n) is 5.70. The van der Waals surface area contributed by atoms with E-state index in [9.17, 15) is 24.9 Å².